The summed E-state index contributed by atoms with van der Waals surface area (Å²) in [5.74, 6) is -4.55. The van der Waals surface area contributed by atoms with E-state index in [0.29, 0.717) is 11.1 Å². The first-order valence-electron chi connectivity index (χ1n) is 7.62. The second kappa shape index (κ2) is 7.96. The predicted octanol–water partition coefficient (Wildman–Crippen LogP) is 4.25. The van der Waals surface area contributed by atoms with Crippen molar-refractivity contribution in [2.45, 2.75) is 24.4 Å². The van der Waals surface area contributed by atoms with E-state index in [4.69, 9.17) is 4.74 Å². The standard InChI is InChI=1S/C19H17F3O3/c1-25-18(24)17(14-10-6-3-7-11-14)15(12-16(23)19(20,21)22)13-8-4-2-5-9-13/h2-11,15,17H,12H2,1H3/t15-,17-/m0/s1. The van der Waals surface area contributed by atoms with Gasteiger partial charge in [0.25, 0.3) is 0 Å². The predicted molar refractivity (Wildman–Crippen MR) is 86.1 cm³/mol. The SMILES string of the molecule is COC(=O)[C@@H](c1ccccc1)[C@@H](CC(=O)C(F)(F)F)c1ccccc1. The Morgan fingerprint density at radius 2 is 1.40 bits per heavy atom. The number of ether oxygens (including phenoxy) is 1. The molecule has 0 saturated carbocycles. The lowest BCUT2D eigenvalue weighted by molar-refractivity contribution is -0.171. The largest absolute Gasteiger partial charge is 0.469 e. The Kier molecular flexibility index (Phi) is 5.96. The van der Waals surface area contributed by atoms with E-state index in [1.165, 1.54) is 7.11 Å². The Morgan fingerprint density at radius 3 is 1.84 bits per heavy atom. The van der Waals surface area contributed by atoms with Crippen LogP contribution in [0.4, 0.5) is 13.2 Å². The van der Waals surface area contributed by atoms with E-state index in [1.54, 1.807) is 60.7 Å². The summed E-state index contributed by atoms with van der Waals surface area (Å²) in [7, 11) is 1.17. The van der Waals surface area contributed by atoms with Gasteiger partial charge in [-0.05, 0) is 11.1 Å². The maximum absolute atomic E-state index is 12.8. The maximum atomic E-state index is 12.8. The highest BCUT2D eigenvalue weighted by atomic mass is 19.4. The van der Waals surface area contributed by atoms with Crippen molar-refractivity contribution in [3.05, 3.63) is 71.8 Å². The summed E-state index contributed by atoms with van der Waals surface area (Å²) in [6.45, 7) is 0. The van der Waals surface area contributed by atoms with E-state index in [-0.39, 0.29) is 0 Å². The smallest absolute Gasteiger partial charge is 0.449 e. The molecule has 132 valence electrons. The van der Waals surface area contributed by atoms with E-state index in [0.717, 1.165) is 0 Å². The summed E-state index contributed by atoms with van der Waals surface area (Å²) in [6, 6.07) is 16.6. The summed E-state index contributed by atoms with van der Waals surface area (Å²) in [5, 5.41) is 0. The van der Waals surface area contributed by atoms with E-state index >= 15 is 0 Å². The molecule has 0 aromatic heterocycles. The number of esters is 1. The van der Waals surface area contributed by atoms with Crippen molar-refractivity contribution in [2.75, 3.05) is 7.11 Å². The first kappa shape index (κ1) is 18.7. The molecule has 2 rings (SSSR count). The van der Waals surface area contributed by atoms with Crippen molar-refractivity contribution in [2.24, 2.45) is 0 Å². The topological polar surface area (TPSA) is 43.4 Å². The van der Waals surface area contributed by atoms with Gasteiger partial charge in [-0.3, -0.25) is 9.59 Å². The molecule has 0 radical (unpaired) electrons. The highest BCUT2D eigenvalue weighted by Gasteiger charge is 2.42. The number of carbonyl (C=O) groups is 2. The first-order valence-corrected chi connectivity index (χ1v) is 7.62. The van der Waals surface area contributed by atoms with Crippen LogP contribution in [0.25, 0.3) is 0 Å². The van der Waals surface area contributed by atoms with E-state index in [1.807, 2.05) is 0 Å². The number of alkyl halides is 3. The third-order valence-corrected chi connectivity index (χ3v) is 3.97. The quantitative estimate of drug-likeness (QED) is 0.732. The van der Waals surface area contributed by atoms with Gasteiger partial charge in [0.05, 0.1) is 13.0 Å². The van der Waals surface area contributed by atoms with Crippen LogP contribution >= 0.6 is 0 Å². The molecule has 25 heavy (non-hydrogen) atoms. The molecule has 0 fully saturated rings. The first-order chi connectivity index (χ1) is 11.8. The second-order valence-corrected chi connectivity index (χ2v) is 5.55. The fourth-order valence-electron chi connectivity index (χ4n) is 2.76. The van der Waals surface area contributed by atoms with Gasteiger partial charge in [0.2, 0.25) is 5.78 Å². The average Bonchev–Trinajstić information content (AvgIpc) is 2.61. The molecule has 0 saturated heterocycles. The van der Waals surface area contributed by atoms with Crippen molar-refractivity contribution < 1.29 is 27.5 Å². The van der Waals surface area contributed by atoms with Crippen molar-refractivity contribution >= 4 is 11.8 Å². The van der Waals surface area contributed by atoms with Gasteiger partial charge in [0, 0.05) is 12.3 Å². The van der Waals surface area contributed by atoms with Crippen LogP contribution in [0.2, 0.25) is 0 Å². The van der Waals surface area contributed by atoms with E-state index in [2.05, 4.69) is 0 Å². The fourth-order valence-corrected chi connectivity index (χ4v) is 2.76. The van der Waals surface area contributed by atoms with Crippen LogP contribution in [0.15, 0.2) is 60.7 Å². The number of rotatable bonds is 6. The molecule has 0 bridgehead atoms. The molecule has 0 aliphatic heterocycles. The summed E-state index contributed by atoms with van der Waals surface area (Å²) in [4.78, 5) is 24.0. The molecule has 3 nitrogen and oxygen atoms in total. The normalized spacial score (nSPS) is 13.8. The minimum Gasteiger partial charge on any atom is -0.469 e. The van der Waals surface area contributed by atoms with Gasteiger partial charge in [-0.25, -0.2) is 0 Å². The Morgan fingerprint density at radius 1 is 0.920 bits per heavy atom. The zero-order chi connectivity index (χ0) is 18.4. The van der Waals surface area contributed by atoms with Crippen LogP contribution in [0, 0.1) is 0 Å². The maximum Gasteiger partial charge on any atom is 0.449 e. The molecule has 2 aromatic carbocycles. The van der Waals surface area contributed by atoms with Crippen molar-refractivity contribution in [1.29, 1.82) is 0 Å². The van der Waals surface area contributed by atoms with Crippen molar-refractivity contribution in [1.82, 2.24) is 0 Å². The molecule has 2 aromatic rings. The molecule has 0 amide bonds. The van der Waals surface area contributed by atoms with Crippen LogP contribution in [0.5, 0.6) is 0 Å². The fraction of sp³-hybridized carbons (Fsp3) is 0.263. The van der Waals surface area contributed by atoms with E-state index in [9.17, 15) is 22.8 Å². The number of ketones is 1. The van der Waals surface area contributed by atoms with Crippen LogP contribution < -0.4 is 0 Å². The molecule has 0 spiro atoms. The Labute approximate surface area is 143 Å². The molecular weight excluding hydrogens is 333 g/mol. The molecule has 0 heterocycles. The molecule has 2 atom stereocenters. The van der Waals surface area contributed by atoms with Gasteiger partial charge in [-0.1, -0.05) is 60.7 Å². The minimum absolute atomic E-state index is 0.472. The lowest BCUT2D eigenvalue weighted by Gasteiger charge is -2.26. The number of hydrogen-bond donors (Lipinski definition) is 0. The van der Waals surface area contributed by atoms with Crippen LogP contribution in [-0.4, -0.2) is 25.0 Å². The lowest BCUT2D eigenvalue weighted by atomic mass is 9.78. The van der Waals surface area contributed by atoms with Gasteiger partial charge in [-0.15, -0.1) is 0 Å². The third-order valence-electron chi connectivity index (χ3n) is 3.97. The summed E-state index contributed by atoms with van der Waals surface area (Å²) in [5.41, 5.74) is 0.970. The third kappa shape index (κ3) is 4.68. The Bertz CT molecular complexity index is 712. The number of methoxy groups -OCH3 is 1. The number of carbonyl (C=O) groups excluding carboxylic acids is 2. The highest BCUT2D eigenvalue weighted by molar-refractivity contribution is 5.87. The second-order valence-electron chi connectivity index (χ2n) is 5.55. The van der Waals surface area contributed by atoms with Gasteiger partial charge in [0.15, 0.2) is 0 Å². The summed E-state index contributed by atoms with van der Waals surface area (Å²) >= 11 is 0. The van der Waals surface area contributed by atoms with Crippen LogP contribution in [0.3, 0.4) is 0 Å². The lowest BCUT2D eigenvalue weighted by Crippen LogP contribution is -2.29. The van der Waals surface area contributed by atoms with Gasteiger partial charge < -0.3 is 4.74 Å². The number of benzene rings is 2. The summed E-state index contributed by atoms with van der Waals surface area (Å²) in [6.07, 6.45) is -5.79. The van der Waals surface area contributed by atoms with Crippen molar-refractivity contribution in [3.63, 3.8) is 0 Å². The molecule has 6 heteroatoms. The van der Waals surface area contributed by atoms with Crippen LogP contribution in [0.1, 0.15) is 29.4 Å². The Balaban J connectivity index is 2.50. The average molecular weight is 350 g/mol. The van der Waals surface area contributed by atoms with Gasteiger partial charge >= 0.3 is 12.1 Å². The number of hydrogen-bond acceptors (Lipinski definition) is 3. The van der Waals surface area contributed by atoms with E-state index < -0.39 is 36.2 Å². The molecular formula is C19H17F3O3. The zero-order valence-electron chi connectivity index (χ0n) is 13.5. The Hall–Kier alpha value is -2.63. The number of Topliss-reactive ketones (excluding diaryl/α,β-unsaturated/α-hetero) is 1. The summed E-state index contributed by atoms with van der Waals surface area (Å²) < 4.78 is 43.2. The van der Waals surface area contributed by atoms with Gasteiger partial charge in [0.1, 0.15) is 0 Å². The molecule has 0 unspecified atom stereocenters. The number of halogens is 3. The molecule has 0 N–H and O–H groups in total. The molecule has 0 aliphatic carbocycles. The zero-order valence-corrected chi connectivity index (χ0v) is 13.5. The van der Waals surface area contributed by atoms with Crippen molar-refractivity contribution in [3.8, 4) is 0 Å². The van der Waals surface area contributed by atoms with Crippen LogP contribution in [-0.2, 0) is 14.3 Å². The van der Waals surface area contributed by atoms with Gasteiger partial charge in [-0.2, -0.15) is 13.2 Å². The highest BCUT2D eigenvalue weighted by Crippen LogP contribution is 2.38. The molecule has 0 aliphatic rings. The monoisotopic (exact) mass is 350 g/mol. The minimum atomic E-state index is -4.95.